The van der Waals surface area contributed by atoms with Crippen molar-refractivity contribution < 1.29 is 19.7 Å². The second-order valence-corrected chi connectivity index (χ2v) is 4.35. The van der Waals surface area contributed by atoms with Crippen LogP contribution >= 0.6 is 0 Å². The van der Waals surface area contributed by atoms with Gasteiger partial charge in [0, 0.05) is 26.8 Å². The second kappa shape index (κ2) is 9.99. The summed E-state index contributed by atoms with van der Waals surface area (Å²) in [6.45, 7) is 6.23. The van der Waals surface area contributed by atoms with Crippen molar-refractivity contribution in [3.63, 3.8) is 0 Å². The molecule has 0 saturated carbocycles. The van der Waals surface area contributed by atoms with E-state index in [4.69, 9.17) is 9.47 Å². The molecule has 0 aromatic rings. The molecule has 0 fully saturated rings. The first-order valence-corrected chi connectivity index (χ1v) is 5.69. The number of aliphatic hydroxyl groups excluding tert-OH is 2. The minimum Gasteiger partial charge on any atom is -0.389 e. The molecule has 5 nitrogen and oxygen atoms in total. The largest absolute Gasteiger partial charge is 0.389 e. The molecule has 0 aliphatic carbocycles. The van der Waals surface area contributed by atoms with E-state index in [1.807, 2.05) is 0 Å². The Balaban J connectivity index is 3.32. The van der Waals surface area contributed by atoms with E-state index in [2.05, 4.69) is 19.2 Å². The third kappa shape index (κ3) is 10.3. The number of nitrogens with one attached hydrogen (secondary N) is 1. The minimum absolute atomic E-state index is 0.299. The van der Waals surface area contributed by atoms with Crippen molar-refractivity contribution in [2.75, 3.05) is 40.0 Å². The van der Waals surface area contributed by atoms with E-state index in [0.717, 1.165) is 0 Å². The Kier molecular flexibility index (Phi) is 9.86. The van der Waals surface area contributed by atoms with Crippen LogP contribution in [0.15, 0.2) is 0 Å². The fourth-order valence-corrected chi connectivity index (χ4v) is 1.17. The Morgan fingerprint density at radius 3 is 2.06 bits per heavy atom. The SMILES string of the molecule is COCC(O)CNCC(O)COCC(C)C. The normalized spacial score (nSPS) is 15.4. The first kappa shape index (κ1) is 15.8. The number of methoxy groups -OCH3 is 1. The van der Waals surface area contributed by atoms with Gasteiger partial charge in [0.2, 0.25) is 0 Å². The van der Waals surface area contributed by atoms with Crippen LogP contribution in [-0.2, 0) is 9.47 Å². The van der Waals surface area contributed by atoms with Gasteiger partial charge < -0.3 is 25.0 Å². The van der Waals surface area contributed by atoms with E-state index in [1.165, 1.54) is 7.11 Å². The van der Waals surface area contributed by atoms with Gasteiger partial charge in [-0.3, -0.25) is 0 Å². The van der Waals surface area contributed by atoms with Gasteiger partial charge in [-0.1, -0.05) is 13.8 Å². The average Bonchev–Trinajstić information content (AvgIpc) is 2.17. The summed E-state index contributed by atoms with van der Waals surface area (Å²) in [5.41, 5.74) is 0. The zero-order chi connectivity index (χ0) is 12.4. The van der Waals surface area contributed by atoms with Crippen LogP contribution in [0.3, 0.4) is 0 Å². The molecule has 3 N–H and O–H groups in total. The maximum absolute atomic E-state index is 9.50. The van der Waals surface area contributed by atoms with E-state index in [0.29, 0.717) is 38.8 Å². The molecule has 0 rings (SSSR count). The van der Waals surface area contributed by atoms with E-state index in [1.54, 1.807) is 0 Å². The Labute approximate surface area is 97.8 Å². The van der Waals surface area contributed by atoms with Crippen molar-refractivity contribution in [1.82, 2.24) is 5.32 Å². The zero-order valence-corrected chi connectivity index (χ0v) is 10.5. The monoisotopic (exact) mass is 235 g/mol. The topological polar surface area (TPSA) is 71.0 Å². The highest BCUT2D eigenvalue weighted by molar-refractivity contribution is 4.62. The maximum atomic E-state index is 9.50. The standard InChI is InChI=1S/C11H25NO4/c1-9(2)6-16-8-11(14)5-12-4-10(13)7-15-3/h9-14H,4-8H2,1-3H3. The molecule has 98 valence electrons. The fourth-order valence-electron chi connectivity index (χ4n) is 1.17. The van der Waals surface area contributed by atoms with Crippen LogP contribution in [-0.4, -0.2) is 62.4 Å². The van der Waals surface area contributed by atoms with Gasteiger partial charge in [0.15, 0.2) is 0 Å². The highest BCUT2D eigenvalue weighted by Crippen LogP contribution is 1.93. The van der Waals surface area contributed by atoms with E-state index < -0.39 is 12.2 Å². The molecule has 0 saturated heterocycles. The number of hydrogen-bond donors (Lipinski definition) is 3. The molecule has 0 heterocycles. The van der Waals surface area contributed by atoms with Gasteiger partial charge >= 0.3 is 0 Å². The lowest BCUT2D eigenvalue weighted by molar-refractivity contribution is 0.0220. The van der Waals surface area contributed by atoms with Crippen molar-refractivity contribution in [2.24, 2.45) is 5.92 Å². The van der Waals surface area contributed by atoms with Crippen LogP contribution < -0.4 is 5.32 Å². The van der Waals surface area contributed by atoms with Gasteiger partial charge in [-0.25, -0.2) is 0 Å². The van der Waals surface area contributed by atoms with Gasteiger partial charge in [0.25, 0.3) is 0 Å². The number of aliphatic hydroxyl groups is 2. The molecule has 0 aromatic heterocycles. The molecule has 2 unspecified atom stereocenters. The van der Waals surface area contributed by atoms with Crippen molar-refractivity contribution in [1.29, 1.82) is 0 Å². The van der Waals surface area contributed by atoms with Crippen LogP contribution in [0.4, 0.5) is 0 Å². The average molecular weight is 235 g/mol. The summed E-state index contributed by atoms with van der Waals surface area (Å²) in [4.78, 5) is 0. The number of hydrogen-bond acceptors (Lipinski definition) is 5. The minimum atomic E-state index is -0.534. The maximum Gasteiger partial charge on any atom is 0.0897 e. The van der Waals surface area contributed by atoms with E-state index >= 15 is 0 Å². The third-order valence-electron chi connectivity index (χ3n) is 1.88. The van der Waals surface area contributed by atoms with Crippen LogP contribution in [0.2, 0.25) is 0 Å². The molecule has 16 heavy (non-hydrogen) atoms. The molecule has 0 aliphatic heterocycles. The van der Waals surface area contributed by atoms with Crippen LogP contribution in [0.1, 0.15) is 13.8 Å². The zero-order valence-electron chi connectivity index (χ0n) is 10.5. The lowest BCUT2D eigenvalue weighted by Gasteiger charge is -2.15. The second-order valence-electron chi connectivity index (χ2n) is 4.35. The molecule has 0 radical (unpaired) electrons. The molecule has 0 aromatic carbocycles. The van der Waals surface area contributed by atoms with Gasteiger partial charge in [0.1, 0.15) is 0 Å². The number of rotatable bonds is 10. The third-order valence-corrected chi connectivity index (χ3v) is 1.88. The first-order chi connectivity index (χ1) is 7.56. The highest BCUT2D eigenvalue weighted by Gasteiger charge is 2.07. The Bertz CT molecular complexity index is 155. The molecular formula is C11H25NO4. The molecule has 0 spiro atoms. The highest BCUT2D eigenvalue weighted by atomic mass is 16.5. The van der Waals surface area contributed by atoms with E-state index in [-0.39, 0.29) is 0 Å². The van der Waals surface area contributed by atoms with Crippen molar-refractivity contribution in [2.45, 2.75) is 26.1 Å². The summed E-state index contributed by atoms with van der Waals surface area (Å²) in [6.07, 6.45) is -1.07. The summed E-state index contributed by atoms with van der Waals surface area (Å²) in [5.74, 6) is 0.476. The molecule has 0 aliphatic rings. The van der Waals surface area contributed by atoms with Crippen LogP contribution in [0, 0.1) is 5.92 Å². The summed E-state index contributed by atoms with van der Waals surface area (Å²) in [6, 6.07) is 0. The summed E-state index contributed by atoms with van der Waals surface area (Å²) >= 11 is 0. The Morgan fingerprint density at radius 1 is 1.00 bits per heavy atom. The van der Waals surface area contributed by atoms with Crippen molar-refractivity contribution in [3.8, 4) is 0 Å². The van der Waals surface area contributed by atoms with Gasteiger partial charge in [-0.15, -0.1) is 0 Å². The van der Waals surface area contributed by atoms with Gasteiger partial charge in [0.05, 0.1) is 25.4 Å². The predicted octanol–water partition coefficient (Wildman–Crippen LogP) is -0.383. The first-order valence-electron chi connectivity index (χ1n) is 5.69. The van der Waals surface area contributed by atoms with E-state index in [9.17, 15) is 10.2 Å². The predicted molar refractivity (Wildman–Crippen MR) is 62.4 cm³/mol. The molecule has 2 atom stereocenters. The summed E-state index contributed by atoms with van der Waals surface area (Å²) in [5, 5.41) is 21.8. The number of ether oxygens (including phenoxy) is 2. The Morgan fingerprint density at radius 2 is 1.56 bits per heavy atom. The van der Waals surface area contributed by atoms with Crippen LogP contribution in [0.5, 0.6) is 0 Å². The quantitative estimate of drug-likeness (QED) is 0.481. The van der Waals surface area contributed by atoms with Gasteiger partial charge in [-0.05, 0) is 5.92 Å². The summed E-state index contributed by atoms with van der Waals surface area (Å²) in [7, 11) is 1.54. The smallest absolute Gasteiger partial charge is 0.0897 e. The molecular weight excluding hydrogens is 210 g/mol. The lowest BCUT2D eigenvalue weighted by Crippen LogP contribution is -2.36. The fraction of sp³-hybridized carbons (Fsp3) is 1.00. The van der Waals surface area contributed by atoms with Crippen LogP contribution in [0.25, 0.3) is 0 Å². The van der Waals surface area contributed by atoms with Gasteiger partial charge in [-0.2, -0.15) is 0 Å². The van der Waals surface area contributed by atoms with Crippen molar-refractivity contribution in [3.05, 3.63) is 0 Å². The summed E-state index contributed by atoms with van der Waals surface area (Å²) < 4.78 is 10.1. The molecule has 0 bridgehead atoms. The molecule has 5 heteroatoms. The van der Waals surface area contributed by atoms with Crippen molar-refractivity contribution >= 4 is 0 Å². The molecule has 0 amide bonds. The lowest BCUT2D eigenvalue weighted by atomic mass is 10.2. The Hall–Kier alpha value is -0.200.